The van der Waals surface area contributed by atoms with E-state index in [0.29, 0.717) is 11.3 Å². The highest BCUT2D eigenvalue weighted by atomic mass is 19.1. The fraction of sp³-hybridized carbons (Fsp3) is 0.107. The summed E-state index contributed by atoms with van der Waals surface area (Å²) in [6.45, 7) is 1.86. The van der Waals surface area contributed by atoms with Crippen LogP contribution in [0.4, 0.5) is 10.1 Å². The lowest BCUT2D eigenvalue weighted by molar-refractivity contribution is -0.118. The number of hydrogen-bond donors (Lipinski definition) is 2. The fourth-order valence-electron chi connectivity index (χ4n) is 3.81. The zero-order valence-corrected chi connectivity index (χ0v) is 19.0. The Balaban J connectivity index is 1.56. The molecule has 0 saturated heterocycles. The van der Waals surface area contributed by atoms with Crippen molar-refractivity contribution in [2.45, 2.75) is 19.5 Å². The number of carbonyl (C=O) groups is 2. The van der Waals surface area contributed by atoms with Crippen LogP contribution in [0.5, 0.6) is 0 Å². The van der Waals surface area contributed by atoms with Crippen molar-refractivity contribution in [3.05, 3.63) is 108 Å². The van der Waals surface area contributed by atoms with Crippen molar-refractivity contribution >= 4 is 34.5 Å². The number of amides is 2. The molecule has 0 aliphatic carbocycles. The van der Waals surface area contributed by atoms with Crippen molar-refractivity contribution in [2.75, 3.05) is 5.32 Å². The summed E-state index contributed by atoms with van der Waals surface area (Å²) in [6.07, 6.45) is 3.27. The molecule has 0 bridgehead atoms. The van der Waals surface area contributed by atoms with Gasteiger partial charge in [0.25, 0.3) is 5.91 Å². The zero-order chi connectivity index (χ0) is 24.8. The predicted molar refractivity (Wildman–Crippen MR) is 134 cm³/mol. The van der Waals surface area contributed by atoms with Gasteiger partial charge in [-0.1, -0.05) is 48.5 Å². The number of fused-ring (bicyclic) bond motifs is 1. The van der Waals surface area contributed by atoms with Gasteiger partial charge in [-0.15, -0.1) is 0 Å². The van der Waals surface area contributed by atoms with E-state index in [-0.39, 0.29) is 29.9 Å². The quantitative estimate of drug-likeness (QED) is 0.290. The van der Waals surface area contributed by atoms with Crippen molar-refractivity contribution < 1.29 is 14.0 Å². The summed E-state index contributed by atoms with van der Waals surface area (Å²) < 4.78 is 14.9. The minimum Gasteiger partial charge on any atom is -0.345 e. The highest BCUT2D eigenvalue weighted by Gasteiger charge is 2.16. The predicted octanol–water partition coefficient (Wildman–Crippen LogP) is 5.20. The Labute approximate surface area is 202 Å². The number of para-hydroxylation sites is 1. The Bertz CT molecular complexity index is 1430. The van der Waals surface area contributed by atoms with Crippen molar-refractivity contribution in [3.8, 4) is 6.07 Å². The van der Waals surface area contributed by atoms with Gasteiger partial charge in [0.05, 0.1) is 6.04 Å². The molecular weight excluding hydrogens is 443 g/mol. The summed E-state index contributed by atoms with van der Waals surface area (Å²) in [7, 11) is 0. The molecule has 1 heterocycles. The summed E-state index contributed by atoms with van der Waals surface area (Å²) >= 11 is 0. The van der Waals surface area contributed by atoms with Gasteiger partial charge in [-0.05, 0) is 48.9 Å². The number of rotatable bonds is 7. The van der Waals surface area contributed by atoms with Crippen LogP contribution in [-0.4, -0.2) is 16.4 Å². The van der Waals surface area contributed by atoms with Gasteiger partial charge in [0.2, 0.25) is 5.91 Å². The summed E-state index contributed by atoms with van der Waals surface area (Å²) in [5.41, 5.74) is 2.81. The molecule has 0 saturated carbocycles. The van der Waals surface area contributed by atoms with E-state index in [0.717, 1.165) is 16.5 Å². The fourth-order valence-corrected chi connectivity index (χ4v) is 3.81. The first-order chi connectivity index (χ1) is 16.9. The van der Waals surface area contributed by atoms with Gasteiger partial charge in [-0.25, -0.2) is 4.39 Å². The molecule has 0 spiro atoms. The van der Waals surface area contributed by atoms with Crippen LogP contribution in [0.1, 0.15) is 24.1 Å². The molecule has 2 N–H and O–H groups in total. The second-order valence-electron chi connectivity index (χ2n) is 8.06. The first-order valence-electron chi connectivity index (χ1n) is 11.1. The normalized spacial score (nSPS) is 12.1. The van der Waals surface area contributed by atoms with E-state index in [1.54, 1.807) is 10.8 Å². The molecule has 7 heteroatoms. The molecular formula is C28H23FN4O2. The Morgan fingerprint density at radius 1 is 1.03 bits per heavy atom. The zero-order valence-electron chi connectivity index (χ0n) is 19.0. The van der Waals surface area contributed by atoms with E-state index in [2.05, 4.69) is 10.6 Å². The van der Waals surface area contributed by atoms with E-state index in [1.165, 1.54) is 30.3 Å². The largest absolute Gasteiger partial charge is 0.345 e. The molecule has 0 aliphatic heterocycles. The Hall–Kier alpha value is -4.70. The molecule has 0 unspecified atom stereocenters. The lowest BCUT2D eigenvalue weighted by Gasteiger charge is -2.13. The van der Waals surface area contributed by atoms with Gasteiger partial charge in [-0.2, -0.15) is 5.26 Å². The Morgan fingerprint density at radius 2 is 1.71 bits per heavy atom. The van der Waals surface area contributed by atoms with Crippen LogP contribution in [0.2, 0.25) is 0 Å². The van der Waals surface area contributed by atoms with E-state index >= 15 is 0 Å². The van der Waals surface area contributed by atoms with Crippen LogP contribution in [0, 0.1) is 17.1 Å². The Kier molecular flexibility index (Phi) is 7.03. The first-order valence-corrected chi connectivity index (χ1v) is 11.1. The number of nitrogens with zero attached hydrogens (tertiary/aromatic N) is 2. The number of benzene rings is 3. The first kappa shape index (κ1) is 23.5. The molecule has 35 heavy (non-hydrogen) atoms. The third-order valence-corrected chi connectivity index (χ3v) is 5.57. The number of nitrogens with one attached hydrogen (secondary N) is 2. The maximum absolute atomic E-state index is 13.1. The van der Waals surface area contributed by atoms with E-state index in [4.69, 9.17) is 0 Å². The molecule has 2 amide bonds. The minimum absolute atomic E-state index is 0.00482. The lowest BCUT2D eigenvalue weighted by atomic mass is 10.1. The maximum atomic E-state index is 13.1. The van der Waals surface area contributed by atoms with Gasteiger partial charge in [0.15, 0.2) is 0 Å². The second-order valence-corrected chi connectivity index (χ2v) is 8.06. The van der Waals surface area contributed by atoms with Gasteiger partial charge >= 0.3 is 0 Å². The molecule has 174 valence electrons. The maximum Gasteiger partial charge on any atom is 0.262 e. The van der Waals surface area contributed by atoms with Gasteiger partial charge in [0.1, 0.15) is 24.0 Å². The number of aromatic nitrogens is 1. The molecule has 0 fully saturated rings. The van der Waals surface area contributed by atoms with Gasteiger partial charge in [-0.3, -0.25) is 9.59 Å². The average Bonchev–Trinajstić information content (AvgIpc) is 3.21. The topological polar surface area (TPSA) is 86.9 Å². The molecule has 0 radical (unpaired) electrons. The minimum atomic E-state index is -0.477. The molecule has 4 rings (SSSR count). The van der Waals surface area contributed by atoms with Crippen LogP contribution in [0.3, 0.4) is 0 Å². The third kappa shape index (κ3) is 5.63. The molecule has 0 aliphatic rings. The average molecular weight is 467 g/mol. The second kappa shape index (κ2) is 10.5. The summed E-state index contributed by atoms with van der Waals surface area (Å²) in [4.78, 5) is 25.4. The van der Waals surface area contributed by atoms with E-state index in [9.17, 15) is 19.2 Å². The van der Waals surface area contributed by atoms with Crippen LogP contribution >= 0.6 is 0 Å². The number of halogens is 1. The highest BCUT2D eigenvalue weighted by molar-refractivity contribution is 6.04. The van der Waals surface area contributed by atoms with Crippen molar-refractivity contribution in [1.82, 2.24) is 9.88 Å². The van der Waals surface area contributed by atoms with Gasteiger partial charge < -0.3 is 15.2 Å². The molecule has 1 atom stereocenters. The number of nitriles is 1. The van der Waals surface area contributed by atoms with Crippen LogP contribution in [0.25, 0.3) is 17.0 Å². The number of carbonyl (C=O) groups excluding carboxylic acids is 2. The monoisotopic (exact) mass is 466 g/mol. The smallest absolute Gasteiger partial charge is 0.262 e. The Morgan fingerprint density at radius 3 is 2.43 bits per heavy atom. The summed E-state index contributed by atoms with van der Waals surface area (Å²) in [5, 5.41) is 16.1. The van der Waals surface area contributed by atoms with Crippen LogP contribution in [-0.2, 0) is 16.1 Å². The number of hydrogen-bond acceptors (Lipinski definition) is 3. The standard InChI is InChI=1S/C28H23FN4O2/c1-19(20-7-3-2-4-8-20)31-28(35)21(16-30)15-22-17-33(26-10-6-5-9-25(22)26)18-27(34)32-24-13-11-23(29)12-14-24/h2-15,17,19H,18H2,1H3,(H,31,35)(H,32,34)/b21-15-/t19-/m1/s1. The van der Waals surface area contributed by atoms with Crippen molar-refractivity contribution in [3.63, 3.8) is 0 Å². The molecule has 3 aromatic carbocycles. The molecule has 1 aromatic heterocycles. The van der Waals surface area contributed by atoms with Crippen molar-refractivity contribution in [2.24, 2.45) is 0 Å². The number of anilines is 1. The SMILES string of the molecule is C[C@@H](NC(=O)/C(C#N)=C\c1cn(CC(=O)Nc2ccc(F)cc2)c2ccccc12)c1ccccc1. The highest BCUT2D eigenvalue weighted by Crippen LogP contribution is 2.24. The summed E-state index contributed by atoms with van der Waals surface area (Å²) in [6, 6.07) is 24.2. The van der Waals surface area contributed by atoms with Crippen LogP contribution < -0.4 is 10.6 Å². The summed E-state index contributed by atoms with van der Waals surface area (Å²) in [5.74, 6) is -1.15. The lowest BCUT2D eigenvalue weighted by Crippen LogP contribution is -2.27. The molecule has 6 nitrogen and oxygen atoms in total. The third-order valence-electron chi connectivity index (χ3n) is 5.57. The van der Waals surface area contributed by atoms with Crippen LogP contribution in [0.15, 0.2) is 90.6 Å². The van der Waals surface area contributed by atoms with E-state index in [1.807, 2.05) is 67.6 Å². The molecule has 4 aromatic rings. The van der Waals surface area contributed by atoms with Gasteiger partial charge in [0, 0.05) is 28.4 Å². The van der Waals surface area contributed by atoms with E-state index < -0.39 is 5.91 Å². The van der Waals surface area contributed by atoms with Crippen molar-refractivity contribution in [1.29, 1.82) is 5.26 Å².